The maximum Gasteiger partial charge on any atom is 0.258 e. The van der Waals surface area contributed by atoms with Crippen LogP contribution >= 0.6 is 11.3 Å². The van der Waals surface area contributed by atoms with Gasteiger partial charge in [-0.25, -0.2) is 0 Å². The summed E-state index contributed by atoms with van der Waals surface area (Å²) in [6.45, 7) is 10.5. The number of thiophene rings is 1. The van der Waals surface area contributed by atoms with Gasteiger partial charge in [0.1, 0.15) is 5.00 Å². The molecular formula is C31H33N3OS. The molecule has 1 N–H and O–H groups in total. The zero-order valence-electron chi connectivity index (χ0n) is 21.7. The van der Waals surface area contributed by atoms with Crippen LogP contribution in [0.4, 0.5) is 11.4 Å². The fraction of sp³-hybridized carbons (Fsp3) is 0.290. The van der Waals surface area contributed by atoms with Gasteiger partial charge in [-0.1, -0.05) is 23.8 Å². The van der Waals surface area contributed by atoms with Crippen molar-refractivity contribution in [1.82, 2.24) is 4.57 Å². The Labute approximate surface area is 217 Å². The smallest absolute Gasteiger partial charge is 0.258 e. The van der Waals surface area contributed by atoms with E-state index in [1.54, 1.807) is 11.3 Å². The van der Waals surface area contributed by atoms with E-state index >= 15 is 0 Å². The van der Waals surface area contributed by atoms with Gasteiger partial charge in [0.2, 0.25) is 0 Å². The van der Waals surface area contributed by atoms with Crippen LogP contribution in [0.15, 0.2) is 53.5 Å². The summed E-state index contributed by atoms with van der Waals surface area (Å²) in [5.74, 6) is -0.0221. The Bertz CT molecular complexity index is 1470. The number of nitrogens with zero attached hydrogens (tertiary/aromatic N) is 2. The number of aryl methyl sites for hydroxylation is 5. The Hall–Kier alpha value is -3.44. The lowest BCUT2D eigenvalue weighted by molar-refractivity contribution is 0.102. The zero-order valence-corrected chi connectivity index (χ0v) is 22.6. The standard InChI is InChI=1S/C31H33N3OS/c1-19-10-13-25(14-11-19)33-30(35)29-27-8-6-7-9-28(27)36-31(29)34-22(4)17-24(23(34)5)18-32-26-15-12-20(2)21(3)16-26/h10-18H,6-9H2,1-5H3,(H,33,35). The third-order valence-electron chi connectivity index (χ3n) is 7.21. The largest absolute Gasteiger partial charge is 0.322 e. The molecule has 0 bridgehead atoms. The fourth-order valence-electron chi connectivity index (χ4n) is 4.95. The van der Waals surface area contributed by atoms with Crippen LogP contribution in [0, 0.1) is 34.6 Å². The number of carbonyl (C=O) groups excluding carboxylic acids is 1. The molecule has 5 heteroatoms. The quantitative estimate of drug-likeness (QED) is 0.280. The van der Waals surface area contributed by atoms with Crippen molar-refractivity contribution in [3.8, 4) is 5.00 Å². The Balaban J connectivity index is 1.54. The lowest BCUT2D eigenvalue weighted by Crippen LogP contribution is -2.17. The molecule has 2 heterocycles. The topological polar surface area (TPSA) is 46.4 Å². The third-order valence-corrected chi connectivity index (χ3v) is 8.48. The van der Waals surface area contributed by atoms with Gasteiger partial charge >= 0.3 is 0 Å². The molecule has 2 aromatic carbocycles. The van der Waals surface area contributed by atoms with E-state index in [0.717, 1.165) is 58.2 Å². The SMILES string of the molecule is Cc1ccc(NC(=O)c2c(-n3c(C)cc(C=Nc4ccc(C)c(C)c4)c3C)sc3c2CCCC3)cc1. The number of aliphatic imine (C=N–C) groups is 1. The molecule has 0 saturated heterocycles. The number of amides is 1. The van der Waals surface area contributed by atoms with Crippen molar-refractivity contribution in [2.45, 2.75) is 60.3 Å². The third kappa shape index (κ3) is 4.68. The maximum atomic E-state index is 13.7. The average Bonchev–Trinajstić information content (AvgIpc) is 3.37. The summed E-state index contributed by atoms with van der Waals surface area (Å²) in [6, 6.07) is 16.5. The second kappa shape index (κ2) is 9.90. The fourth-order valence-corrected chi connectivity index (χ4v) is 6.45. The second-order valence-electron chi connectivity index (χ2n) is 9.90. The Kier molecular flexibility index (Phi) is 6.67. The van der Waals surface area contributed by atoms with E-state index in [4.69, 9.17) is 4.99 Å². The molecule has 4 aromatic rings. The van der Waals surface area contributed by atoms with E-state index in [2.05, 4.69) is 68.8 Å². The van der Waals surface area contributed by atoms with Gasteiger partial charge in [0, 0.05) is 33.7 Å². The van der Waals surface area contributed by atoms with E-state index in [0.29, 0.717) is 0 Å². The Morgan fingerprint density at radius 1 is 0.944 bits per heavy atom. The first-order valence-corrected chi connectivity index (χ1v) is 13.5. The Morgan fingerprint density at radius 3 is 2.44 bits per heavy atom. The van der Waals surface area contributed by atoms with Crippen molar-refractivity contribution >= 4 is 34.8 Å². The van der Waals surface area contributed by atoms with Gasteiger partial charge in [0.05, 0.1) is 11.3 Å². The van der Waals surface area contributed by atoms with E-state index in [1.165, 1.54) is 33.6 Å². The Morgan fingerprint density at radius 2 is 1.69 bits per heavy atom. The molecule has 36 heavy (non-hydrogen) atoms. The first kappa shape index (κ1) is 24.3. The molecule has 0 radical (unpaired) electrons. The van der Waals surface area contributed by atoms with Gasteiger partial charge in [-0.05, 0) is 107 Å². The summed E-state index contributed by atoms with van der Waals surface area (Å²) in [5, 5.41) is 4.18. The molecule has 0 fully saturated rings. The van der Waals surface area contributed by atoms with E-state index in [9.17, 15) is 4.79 Å². The molecule has 1 aliphatic rings. The predicted octanol–water partition coefficient (Wildman–Crippen LogP) is 7.96. The number of carbonyl (C=O) groups is 1. The van der Waals surface area contributed by atoms with E-state index in [1.807, 2.05) is 30.5 Å². The van der Waals surface area contributed by atoms with Crippen LogP contribution in [0.3, 0.4) is 0 Å². The number of anilines is 1. The number of hydrogen-bond donors (Lipinski definition) is 1. The molecule has 5 rings (SSSR count). The van der Waals surface area contributed by atoms with E-state index < -0.39 is 0 Å². The van der Waals surface area contributed by atoms with Crippen LogP contribution in [0.5, 0.6) is 0 Å². The zero-order chi connectivity index (χ0) is 25.4. The number of aromatic nitrogens is 1. The lowest BCUT2D eigenvalue weighted by atomic mass is 9.95. The van der Waals surface area contributed by atoms with E-state index in [-0.39, 0.29) is 5.91 Å². The minimum Gasteiger partial charge on any atom is -0.322 e. The summed E-state index contributed by atoms with van der Waals surface area (Å²) in [6.07, 6.45) is 6.27. The van der Waals surface area contributed by atoms with Crippen molar-refractivity contribution in [2.75, 3.05) is 5.32 Å². The molecule has 2 aromatic heterocycles. The lowest BCUT2D eigenvalue weighted by Gasteiger charge is -2.14. The van der Waals surface area contributed by atoms with Gasteiger partial charge in [0.25, 0.3) is 5.91 Å². The normalized spacial score (nSPS) is 13.2. The van der Waals surface area contributed by atoms with Crippen LogP contribution in [-0.2, 0) is 12.8 Å². The van der Waals surface area contributed by atoms with Gasteiger partial charge < -0.3 is 9.88 Å². The van der Waals surface area contributed by atoms with Crippen LogP contribution in [0.1, 0.15) is 67.3 Å². The molecule has 1 amide bonds. The van der Waals surface area contributed by atoms with Gasteiger partial charge in [-0.15, -0.1) is 11.3 Å². The molecule has 0 unspecified atom stereocenters. The summed E-state index contributed by atoms with van der Waals surface area (Å²) >= 11 is 1.77. The summed E-state index contributed by atoms with van der Waals surface area (Å²) in [4.78, 5) is 19.8. The minimum atomic E-state index is -0.0221. The minimum absolute atomic E-state index is 0.0221. The molecular weight excluding hydrogens is 462 g/mol. The van der Waals surface area contributed by atoms with Crippen molar-refractivity contribution in [3.63, 3.8) is 0 Å². The number of nitrogens with one attached hydrogen (secondary N) is 1. The first-order chi connectivity index (χ1) is 17.3. The monoisotopic (exact) mass is 495 g/mol. The van der Waals surface area contributed by atoms with Gasteiger partial charge in [-0.3, -0.25) is 9.79 Å². The van der Waals surface area contributed by atoms with Crippen LogP contribution in [0.25, 0.3) is 5.00 Å². The highest BCUT2D eigenvalue weighted by Crippen LogP contribution is 2.39. The van der Waals surface area contributed by atoms with Gasteiger partial charge in [0.15, 0.2) is 0 Å². The first-order valence-electron chi connectivity index (χ1n) is 12.6. The molecule has 0 aliphatic heterocycles. The number of fused-ring (bicyclic) bond motifs is 1. The number of benzene rings is 2. The summed E-state index contributed by atoms with van der Waals surface area (Å²) in [5.41, 5.74) is 10.8. The molecule has 0 saturated carbocycles. The molecule has 4 nitrogen and oxygen atoms in total. The second-order valence-corrected chi connectivity index (χ2v) is 11.0. The number of rotatable bonds is 5. The molecule has 184 valence electrons. The van der Waals surface area contributed by atoms with Crippen LogP contribution < -0.4 is 5.32 Å². The highest BCUT2D eigenvalue weighted by Gasteiger charge is 2.28. The summed E-state index contributed by atoms with van der Waals surface area (Å²) < 4.78 is 2.24. The van der Waals surface area contributed by atoms with Gasteiger partial charge in [-0.2, -0.15) is 0 Å². The van der Waals surface area contributed by atoms with Crippen molar-refractivity contribution in [1.29, 1.82) is 0 Å². The molecule has 1 aliphatic carbocycles. The van der Waals surface area contributed by atoms with Crippen molar-refractivity contribution in [2.24, 2.45) is 4.99 Å². The average molecular weight is 496 g/mol. The van der Waals surface area contributed by atoms with Crippen LogP contribution in [-0.4, -0.2) is 16.7 Å². The van der Waals surface area contributed by atoms with Crippen molar-refractivity contribution < 1.29 is 4.79 Å². The summed E-state index contributed by atoms with van der Waals surface area (Å²) in [7, 11) is 0. The van der Waals surface area contributed by atoms with Crippen molar-refractivity contribution in [3.05, 3.63) is 98.2 Å². The maximum absolute atomic E-state index is 13.7. The molecule has 0 atom stereocenters. The highest BCUT2D eigenvalue weighted by molar-refractivity contribution is 7.15. The predicted molar refractivity (Wildman–Crippen MR) is 152 cm³/mol. The highest BCUT2D eigenvalue weighted by atomic mass is 32.1. The van der Waals surface area contributed by atoms with Crippen LogP contribution in [0.2, 0.25) is 0 Å². The molecule has 0 spiro atoms. The number of hydrogen-bond acceptors (Lipinski definition) is 3.